The Morgan fingerprint density at radius 2 is 2.24 bits per heavy atom. The van der Waals surface area contributed by atoms with Crippen LogP contribution in [0.4, 0.5) is 10.5 Å². The fraction of sp³-hybridized carbons (Fsp3) is 0.273. The molecule has 0 unspecified atom stereocenters. The second kappa shape index (κ2) is 4.32. The predicted octanol–water partition coefficient (Wildman–Crippen LogP) is 1.08. The Hall–Kier alpha value is -2.24. The maximum atomic E-state index is 11.3. The largest absolute Gasteiger partial charge is 0.481 e. The molecule has 0 saturated heterocycles. The Bertz CT molecular complexity index is 471. The SMILES string of the molecule is CN(C)C(=O)Oc1ccc2c(c1)OCC(=O)N2. The molecule has 0 bridgehead atoms. The number of benzene rings is 1. The lowest BCUT2D eigenvalue weighted by atomic mass is 10.2. The van der Waals surface area contributed by atoms with Crippen molar-refractivity contribution in [2.45, 2.75) is 0 Å². The fourth-order valence-electron chi connectivity index (χ4n) is 1.31. The summed E-state index contributed by atoms with van der Waals surface area (Å²) in [6.45, 7) is -0.0297. The summed E-state index contributed by atoms with van der Waals surface area (Å²) in [5.41, 5.74) is 0.575. The molecule has 17 heavy (non-hydrogen) atoms. The summed E-state index contributed by atoms with van der Waals surface area (Å²) < 4.78 is 10.3. The van der Waals surface area contributed by atoms with Crippen LogP contribution in [0, 0.1) is 0 Å². The van der Waals surface area contributed by atoms with Crippen molar-refractivity contribution >= 4 is 17.7 Å². The molecular weight excluding hydrogens is 224 g/mol. The third kappa shape index (κ3) is 2.47. The molecule has 0 fully saturated rings. The first-order valence-corrected chi connectivity index (χ1v) is 5.02. The highest BCUT2D eigenvalue weighted by atomic mass is 16.6. The van der Waals surface area contributed by atoms with Gasteiger partial charge in [0.25, 0.3) is 5.91 Å². The van der Waals surface area contributed by atoms with E-state index in [9.17, 15) is 9.59 Å². The van der Waals surface area contributed by atoms with Gasteiger partial charge in [-0.3, -0.25) is 4.79 Å². The number of carbonyl (C=O) groups is 2. The lowest BCUT2D eigenvalue weighted by molar-refractivity contribution is -0.118. The van der Waals surface area contributed by atoms with Crippen LogP contribution in [0.25, 0.3) is 0 Å². The molecular formula is C11H12N2O4. The summed E-state index contributed by atoms with van der Waals surface area (Å²) in [6, 6.07) is 4.79. The predicted molar refractivity (Wildman–Crippen MR) is 60.3 cm³/mol. The van der Waals surface area contributed by atoms with Crippen molar-refractivity contribution in [1.29, 1.82) is 0 Å². The smallest absolute Gasteiger partial charge is 0.414 e. The zero-order valence-electron chi connectivity index (χ0n) is 9.52. The van der Waals surface area contributed by atoms with Gasteiger partial charge in [0, 0.05) is 20.2 Å². The molecule has 0 aliphatic carbocycles. The molecule has 1 N–H and O–H groups in total. The number of rotatable bonds is 1. The van der Waals surface area contributed by atoms with Gasteiger partial charge >= 0.3 is 6.09 Å². The van der Waals surface area contributed by atoms with Gasteiger partial charge < -0.3 is 19.7 Å². The van der Waals surface area contributed by atoms with Crippen molar-refractivity contribution in [3.05, 3.63) is 18.2 Å². The maximum absolute atomic E-state index is 11.3. The van der Waals surface area contributed by atoms with Crippen LogP contribution in [0.1, 0.15) is 0 Å². The Balaban J connectivity index is 2.17. The zero-order valence-corrected chi connectivity index (χ0v) is 9.52. The summed E-state index contributed by atoms with van der Waals surface area (Å²) >= 11 is 0. The molecule has 1 heterocycles. The van der Waals surface area contributed by atoms with Crippen LogP contribution in [0.2, 0.25) is 0 Å². The van der Waals surface area contributed by atoms with Crippen LogP contribution >= 0.6 is 0 Å². The number of nitrogens with zero attached hydrogens (tertiary/aromatic N) is 1. The summed E-state index contributed by atoms with van der Waals surface area (Å²) in [6.07, 6.45) is -0.468. The molecule has 90 valence electrons. The fourth-order valence-corrected chi connectivity index (χ4v) is 1.31. The first kappa shape index (κ1) is 11.3. The number of hydrogen-bond donors (Lipinski definition) is 1. The zero-order chi connectivity index (χ0) is 12.4. The minimum atomic E-state index is -0.468. The molecule has 2 amide bonds. The molecule has 0 aromatic heterocycles. The Labute approximate surface area is 98.1 Å². The molecule has 1 aliphatic heterocycles. The van der Waals surface area contributed by atoms with E-state index in [1.165, 1.54) is 4.90 Å². The van der Waals surface area contributed by atoms with Gasteiger partial charge in [0.2, 0.25) is 0 Å². The van der Waals surface area contributed by atoms with Gasteiger partial charge in [-0.05, 0) is 12.1 Å². The van der Waals surface area contributed by atoms with Gasteiger partial charge in [-0.1, -0.05) is 0 Å². The van der Waals surface area contributed by atoms with E-state index in [4.69, 9.17) is 9.47 Å². The third-order valence-electron chi connectivity index (χ3n) is 2.16. The minimum absolute atomic E-state index is 0.0297. The molecule has 1 aliphatic rings. The lowest BCUT2D eigenvalue weighted by Gasteiger charge is -2.18. The highest BCUT2D eigenvalue weighted by molar-refractivity contribution is 5.95. The van der Waals surface area contributed by atoms with E-state index in [0.717, 1.165) is 0 Å². The van der Waals surface area contributed by atoms with E-state index >= 15 is 0 Å². The molecule has 1 aromatic rings. The van der Waals surface area contributed by atoms with Crippen molar-refractivity contribution < 1.29 is 19.1 Å². The lowest BCUT2D eigenvalue weighted by Crippen LogP contribution is -2.26. The molecule has 2 rings (SSSR count). The van der Waals surface area contributed by atoms with E-state index in [1.54, 1.807) is 32.3 Å². The molecule has 0 spiro atoms. The molecule has 0 saturated carbocycles. The summed E-state index contributed by atoms with van der Waals surface area (Å²) in [7, 11) is 3.19. The van der Waals surface area contributed by atoms with E-state index in [-0.39, 0.29) is 12.5 Å². The topological polar surface area (TPSA) is 67.9 Å². The number of fused-ring (bicyclic) bond motifs is 1. The van der Waals surface area contributed by atoms with Gasteiger partial charge in [0.15, 0.2) is 6.61 Å². The first-order chi connectivity index (χ1) is 8.06. The van der Waals surface area contributed by atoms with Crippen molar-refractivity contribution in [2.75, 3.05) is 26.0 Å². The van der Waals surface area contributed by atoms with E-state index in [2.05, 4.69) is 5.32 Å². The van der Waals surface area contributed by atoms with Crippen LogP contribution in [-0.4, -0.2) is 37.6 Å². The Kier molecular flexibility index (Phi) is 2.86. The van der Waals surface area contributed by atoms with Crippen molar-refractivity contribution in [3.8, 4) is 11.5 Å². The normalized spacial score (nSPS) is 13.2. The molecule has 6 nitrogen and oxygen atoms in total. The minimum Gasteiger partial charge on any atom is -0.481 e. The van der Waals surface area contributed by atoms with E-state index < -0.39 is 6.09 Å². The highest BCUT2D eigenvalue weighted by Crippen LogP contribution is 2.31. The molecule has 0 atom stereocenters. The number of anilines is 1. The average molecular weight is 236 g/mol. The van der Waals surface area contributed by atoms with E-state index in [0.29, 0.717) is 17.2 Å². The van der Waals surface area contributed by atoms with Crippen LogP contribution in [0.5, 0.6) is 11.5 Å². The second-order valence-corrected chi connectivity index (χ2v) is 3.76. The van der Waals surface area contributed by atoms with Gasteiger partial charge in [0.1, 0.15) is 11.5 Å². The molecule has 0 radical (unpaired) electrons. The standard InChI is InChI=1S/C11H12N2O4/c1-13(2)11(15)17-7-3-4-8-9(5-7)16-6-10(14)12-8/h3-5H,6H2,1-2H3,(H,12,14). The number of nitrogens with one attached hydrogen (secondary N) is 1. The summed E-state index contributed by atoms with van der Waals surface area (Å²) in [5, 5.41) is 2.65. The highest BCUT2D eigenvalue weighted by Gasteiger charge is 2.17. The van der Waals surface area contributed by atoms with Crippen molar-refractivity contribution in [2.24, 2.45) is 0 Å². The number of ether oxygens (including phenoxy) is 2. The number of carbonyl (C=O) groups excluding carboxylic acids is 2. The van der Waals surface area contributed by atoms with Crippen LogP contribution in [0.3, 0.4) is 0 Å². The summed E-state index contributed by atoms with van der Waals surface area (Å²) in [5.74, 6) is 0.669. The second-order valence-electron chi connectivity index (χ2n) is 3.76. The van der Waals surface area contributed by atoms with Crippen molar-refractivity contribution in [1.82, 2.24) is 4.90 Å². The van der Waals surface area contributed by atoms with Crippen molar-refractivity contribution in [3.63, 3.8) is 0 Å². The van der Waals surface area contributed by atoms with E-state index in [1.807, 2.05) is 0 Å². The van der Waals surface area contributed by atoms with Gasteiger partial charge in [-0.15, -0.1) is 0 Å². The number of amides is 2. The Morgan fingerprint density at radius 3 is 2.94 bits per heavy atom. The quantitative estimate of drug-likeness (QED) is 0.792. The molecule has 1 aromatic carbocycles. The third-order valence-corrected chi connectivity index (χ3v) is 2.16. The van der Waals surface area contributed by atoms with Gasteiger partial charge in [-0.2, -0.15) is 0 Å². The Morgan fingerprint density at radius 1 is 1.47 bits per heavy atom. The van der Waals surface area contributed by atoms with Crippen LogP contribution < -0.4 is 14.8 Å². The average Bonchev–Trinajstić information content (AvgIpc) is 2.29. The van der Waals surface area contributed by atoms with Crippen LogP contribution in [-0.2, 0) is 4.79 Å². The maximum Gasteiger partial charge on any atom is 0.414 e. The summed E-state index contributed by atoms with van der Waals surface area (Å²) in [4.78, 5) is 23.7. The van der Waals surface area contributed by atoms with Crippen LogP contribution in [0.15, 0.2) is 18.2 Å². The monoisotopic (exact) mass is 236 g/mol. The first-order valence-electron chi connectivity index (χ1n) is 5.02. The number of hydrogen-bond acceptors (Lipinski definition) is 4. The van der Waals surface area contributed by atoms with Gasteiger partial charge in [0.05, 0.1) is 5.69 Å². The van der Waals surface area contributed by atoms with Gasteiger partial charge in [-0.25, -0.2) is 4.79 Å². The molecule has 6 heteroatoms.